The molecule has 6 heteroatoms. The molecule has 5 nitrogen and oxygen atoms in total. The maximum absolute atomic E-state index is 14.0. The van der Waals surface area contributed by atoms with Gasteiger partial charge in [-0.1, -0.05) is 68.1 Å². The first-order chi connectivity index (χ1) is 18.0. The molecule has 4 rings (SSSR count). The monoisotopic (exact) mass is 504 g/mol. The van der Waals surface area contributed by atoms with Gasteiger partial charge in [0.15, 0.2) is 11.6 Å². The van der Waals surface area contributed by atoms with Crippen LogP contribution in [0.3, 0.4) is 0 Å². The minimum Gasteiger partial charge on any atom is -0.505 e. The van der Waals surface area contributed by atoms with Crippen LogP contribution in [0.4, 0.5) is 10.1 Å². The van der Waals surface area contributed by atoms with Crippen molar-refractivity contribution in [3.63, 3.8) is 0 Å². The fourth-order valence-electron chi connectivity index (χ4n) is 5.04. The van der Waals surface area contributed by atoms with Gasteiger partial charge in [-0.25, -0.2) is 4.39 Å². The van der Waals surface area contributed by atoms with E-state index in [2.05, 4.69) is 11.0 Å². The average Bonchev–Trinajstić information content (AvgIpc) is 2.92. The second-order valence-corrected chi connectivity index (χ2v) is 9.78. The summed E-state index contributed by atoms with van der Waals surface area (Å²) in [4.78, 5) is 17.8. The van der Waals surface area contributed by atoms with E-state index in [1.165, 1.54) is 6.07 Å². The van der Waals surface area contributed by atoms with E-state index < -0.39 is 5.82 Å². The lowest BCUT2D eigenvalue weighted by Crippen LogP contribution is -2.35. The average molecular weight is 505 g/mol. The van der Waals surface area contributed by atoms with Crippen LogP contribution >= 0.6 is 0 Å². The van der Waals surface area contributed by atoms with Crippen LogP contribution < -0.4 is 9.64 Å². The fourth-order valence-corrected chi connectivity index (χ4v) is 5.04. The molecule has 1 N–H and O–H groups in total. The molecule has 0 bridgehead atoms. The highest BCUT2D eigenvalue weighted by Crippen LogP contribution is 2.28. The number of benzene rings is 3. The number of hydrogen-bond donors (Lipinski definition) is 1. The second-order valence-electron chi connectivity index (χ2n) is 9.78. The Morgan fingerprint density at radius 1 is 0.919 bits per heavy atom. The highest BCUT2D eigenvalue weighted by Gasteiger charge is 2.21. The maximum Gasteiger partial charge on any atom is 0.231 e. The van der Waals surface area contributed by atoms with E-state index in [0.29, 0.717) is 31.6 Å². The zero-order valence-corrected chi connectivity index (χ0v) is 21.7. The first-order valence-corrected chi connectivity index (χ1v) is 13.2. The summed E-state index contributed by atoms with van der Waals surface area (Å²) in [6.07, 6.45) is 6.81. The predicted molar refractivity (Wildman–Crippen MR) is 145 cm³/mol. The van der Waals surface area contributed by atoms with Gasteiger partial charge >= 0.3 is 0 Å². The van der Waals surface area contributed by atoms with Crippen molar-refractivity contribution in [2.24, 2.45) is 0 Å². The highest BCUT2D eigenvalue weighted by atomic mass is 19.1. The third-order valence-electron chi connectivity index (χ3n) is 7.04. The molecular weight excluding hydrogens is 467 g/mol. The van der Waals surface area contributed by atoms with Gasteiger partial charge in [-0.2, -0.15) is 0 Å². The molecule has 1 aliphatic rings. The number of hydrogen-bond acceptors (Lipinski definition) is 4. The van der Waals surface area contributed by atoms with Crippen LogP contribution in [0, 0.1) is 5.82 Å². The molecule has 0 aromatic heterocycles. The second kappa shape index (κ2) is 13.2. The van der Waals surface area contributed by atoms with Crippen molar-refractivity contribution in [3.8, 4) is 11.5 Å². The first-order valence-electron chi connectivity index (χ1n) is 13.2. The molecule has 0 fully saturated rings. The molecule has 0 atom stereocenters. The third-order valence-corrected chi connectivity index (χ3v) is 7.04. The summed E-state index contributed by atoms with van der Waals surface area (Å²) in [5, 5.41) is 10.3. The number of carbonyl (C=O) groups excluding carboxylic acids is 1. The molecule has 0 aliphatic carbocycles. The Hall–Kier alpha value is -3.38. The topological polar surface area (TPSA) is 53.0 Å². The van der Waals surface area contributed by atoms with Crippen molar-refractivity contribution in [1.29, 1.82) is 0 Å². The summed E-state index contributed by atoms with van der Waals surface area (Å²) < 4.78 is 19.4. The summed E-state index contributed by atoms with van der Waals surface area (Å²) in [7, 11) is 1.63. The summed E-state index contributed by atoms with van der Waals surface area (Å²) in [6.45, 7) is 2.55. The normalized spacial score (nSPS) is 15.7. The molecule has 3 aromatic rings. The van der Waals surface area contributed by atoms with E-state index in [1.807, 2.05) is 47.4 Å². The predicted octanol–water partition coefficient (Wildman–Crippen LogP) is 6.47. The van der Waals surface area contributed by atoms with Crippen molar-refractivity contribution in [3.05, 3.63) is 89.2 Å². The van der Waals surface area contributed by atoms with Gasteiger partial charge in [-0.15, -0.1) is 0 Å². The molecule has 0 saturated carbocycles. The quantitative estimate of drug-likeness (QED) is 0.433. The van der Waals surface area contributed by atoms with Crippen molar-refractivity contribution >= 4 is 11.6 Å². The molecule has 1 aliphatic heterocycles. The molecule has 1 amide bonds. The van der Waals surface area contributed by atoms with Gasteiger partial charge in [-0.05, 0) is 54.8 Å². The minimum atomic E-state index is -0.599. The van der Waals surface area contributed by atoms with Crippen LogP contribution in [-0.4, -0.2) is 36.1 Å². The van der Waals surface area contributed by atoms with Gasteiger partial charge in [0.2, 0.25) is 5.91 Å². The Morgan fingerprint density at radius 2 is 1.65 bits per heavy atom. The molecular formula is C31H37FN2O3. The number of nitrogens with zero attached hydrogens (tertiary/aromatic N) is 2. The van der Waals surface area contributed by atoms with Crippen LogP contribution in [0.1, 0.15) is 55.2 Å². The largest absolute Gasteiger partial charge is 0.505 e. The minimum absolute atomic E-state index is 0.0601. The van der Waals surface area contributed by atoms with E-state index in [1.54, 1.807) is 19.2 Å². The number of ether oxygens (including phenoxy) is 1. The van der Waals surface area contributed by atoms with Crippen LogP contribution in [-0.2, 0) is 24.3 Å². The van der Waals surface area contributed by atoms with E-state index in [4.69, 9.17) is 4.74 Å². The van der Waals surface area contributed by atoms with Gasteiger partial charge in [0.1, 0.15) is 5.75 Å². The van der Waals surface area contributed by atoms with Crippen molar-refractivity contribution < 1.29 is 19.0 Å². The number of para-hydroxylation sites is 2. The standard InChI is InChI=1S/C31H37FN2O3/c1-37-27-15-10-12-24(20-27)21-30(35)34-19-9-5-3-2-4-8-18-33(22-25-13-6-7-17-29(25)34)23-26-14-11-16-28(32)31(26)36/h6-7,10-17,20,36H,2-5,8-9,18-19,21-23H2,1H3. The van der Waals surface area contributed by atoms with E-state index in [9.17, 15) is 14.3 Å². The number of rotatable bonds is 5. The van der Waals surface area contributed by atoms with Gasteiger partial charge in [-0.3, -0.25) is 9.69 Å². The van der Waals surface area contributed by atoms with Gasteiger partial charge in [0.05, 0.1) is 13.5 Å². The van der Waals surface area contributed by atoms with E-state index in [-0.39, 0.29) is 11.7 Å². The number of fused-ring (bicyclic) bond motifs is 1. The number of halogens is 1. The lowest BCUT2D eigenvalue weighted by Gasteiger charge is -2.29. The first kappa shape index (κ1) is 26.7. The number of phenols is 1. The Kier molecular flexibility index (Phi) is 9.55. The van der Waals surface area contributed by atoms with Crippen molar-refractivity contribution in [2.75, 3.05) is 25.1 Å². The fraction of sp³-hybridized carbons (Fsp3) is 0.387. The Bertz CT molecular complexity index is 1180. The molecule has 37 heavy (non-hydrogen) atoms. The SMILES string of the molecule is COc1cccc(CC(=O)N2CCCCCCCCN(Cc3cccc(F)c3O)Cc3ccccc32)c1. The maximum atomic E-state index is 14.0. The van der Waals surface area contributed by atoms with Crippen LogP contribution in [0.15, 0.2) is 66.7 Å². The number of carbonyl (C=O) groups is 1. The van der Waals surface area contributed by atoms with Crippen LogP contribution in [0.5, 0.6) is 11.5 Å². The van der Waals surface area contributed by atoms with Gasteiger partial charge in [0.25, 0.3) is 0 Å². The molecule has 0 spiro atoms. The number of aromatic hydroxyl groups is 1. The summed E-state index contributed by atoms with van der Waals surface area (Å²) in [6, 6.07) is 20.4. The number of methoxy groups -OCH3 is 1. The summed E-state index contributed by atoms with van der Waals surface area (Å²) in [5.74, 6) is -0.0800. The zero-order valence-electron chi connectivity index (χ0n) is 21.7. The number of amides is 1. The Balaban J connectivity index is 1.62. The third kappa shape index (κ3) is 7.32. The number of phenolic OH excluding ortho intramolecular Hbond substituents is 1. The number of anilines is 1. The molecule has 0 radical (unpaired) electrons. The van der Waals surface area contributed by atoms with Crippen molar-refractivity contribution in [1.82, 2.24) is 4.90 Å². The van der Waals surface area contributed by atoms with Crippen LogP contribution in [0.2, 0.25) is 0 Å². The highest BCUT2D eigenvalue weighted by molar-refractivity contribution is 5.95. The summed E-state index contributed by atoms with van der Waals surface area (Å²) in [5.41, 5.74) is 3.47. The lowest BCUT2D eigenvalue weighted by atomic mass is 10.1. The molecule has 0 unspecified atom stereocenters. The van der Waals surface area contributed by atoms with E-state index in [0.717, 1.165) is 67.6 Å². The van der Waals surface area contributed by atoms with Gasteiger partial charge < -0.3 is 14.7 Å². The Morgan fingerprint density at radius 3 is 2.46 bits per heavy atom. The van der Waals surface area contributed by atoms with Crippen molar-refractivity contribution in [2.45, 2.75) is 58.0 Å². The van der Waals surface area contributed by atoms with E-state index >= 15 is 0 Å². The lowest BCUT2D eigenvalue weighted by molar-refractivity contribution is -0.118. The molecule has 1 heterocycles. The smallest absolute Gasteiger partial charge is 0.231 e. The zero-order chi connectivity index (χ0) is 26.0. The molecule has 0 saturated heterocycles. The molecule has 3 aromatic carbocycles. The van der Waals surface area contributed by atoms with Crippen LogP contribution in [0.25, 0.3) is 0 Å². The Labute approximate surface area is 219 Å². The molecule has 196 valence electrons. The van der Waals surface area contributed by atoms with Gasteiger partial charge in [0, 0.05) is 30.9 Å². The summed E-state index contributed by atoms with van der Waals surface area (Å²) >= 11 is 0.